The van der Waals surface area contributed by atoms with E-state index in [1.54, 1.807) is 12.4 Å². The Bertz CT molecular complexity index is 667. The van der Waals surface area contributed by atoms with E-state index in [0.717, 1.165) is 16.7 Å². The number of anilines is 1. The molecule has 1 aromatic carbocycles. The molecule has 0 radical (unpaired) electrons. The summed E-state index contributed by atoms with van der Waals surface area (Å²) >= 11 is 0. The van der Waals surface area contributed by atoms with Crippen LogP contribution in [0.15, 0.2) is 42.7 Å². The Morgan fingerprint density at radius 1 is 1.12 bits per heavy atom. The van der Waals surface area contributed by atoms with Crippen molar-refractivity contribution >= 4 is 17.0 Å². The highest BCUT2D eigenvalue weighted by atomic mass is 15.2. The molecule has 0 atom stereocenters. The molecule has 84 valence electrons. The summed E-state index contributed by atoms with van der Waals surface area (Å²) in [7, 11) is 0. The maximum absolute atomic E-state index is 5.95. The summed E-state index contributed by atoms with van der Waals surface area (Å²) in [6.07, 6.45) is 3.46. The lowest BCUT2D eigenvalue weighted by molar-refractivity contribution is 1.11. The molecule has 0 aliphatic heterocycles. The molecular weight excluding hydrogens is 212 g/mol. The van der Waals surface area contributed by atoms with Gasteiger partial charge in [-0.15, -0.1) is 0 Å². The van der Waals surface area contributed by atoms with Crippen LogP contribution in [0.25, 0.3) is 16.7 Å². The fourth-order valence-corrected chi connectivity index (χ4v) is 1.92. The first-order valence-corrected chi connectivity index (χ1v) is 5.41. The largest absolute Gasteiger partial charge is 0.369 e. The quantitative estimate of drug-likeness (QED) is 0.690. The van der Waals surface area contributed by atoms with Crippen molar-refractivity contribution in [1.29, 1.82) is 0 Å². The van der Waals surface area contributed by atoms with Crippen LogP contribution in [0.2, 0.25) is 0 Å². The third-order valence-corrected chi connectivity index (χ3v) is 2.77. The van der Waals surface area contributed by atoms with Gasteiger partial charge in [-0.25, -0.2) is 4.98 Å². The maximum Gasteiger partial charge on any atom is 0.205 e. The predicted molar refractivity (Wildman–Crippen MR) is 68.0 cm³/mol. The van der Waals surface area contributed by atoms with Crippen molar-refractivity contribution in [2.24, 2.45) is 0 Å². The molecule has 2 N–H and O–H groups in total. The van der Waals surface area contributed by atoms with E-state index in [9.17, 15) is 0 Å². The van der Waals surface area contributed by atoms with Gasteiger partial charge in [-0.05, 0) is 25.1 Å². The smallest absolute Gasteiger partial charge is 0.205 e. The Hall–Kier alpha value is -2.36. The van der Waals surface area contributed by atoms with Crippen LogP contribution in [0.3, 0.4) is 0 Å². The summed E-state index contributed by atoms with van der Waals surface area (Å²) < 4.78 is 1.93. The van der Waals surface area contributed by atoms with Gasteiger partial charge in [-0.2, -0.15) is 0 Å². The average Bonchev–Trinajstić information content (AvgIpc) is 2.66. The second-order valence-electron chi connectivity index (χ2n) is 4.01. The lowest BCUT2D eigenvalue weighted by Crippen LogP contribution is -2.00. The summed E-state index contributed by atoms with van der Waals surface area (Å²) in [4.78, 5) is 8.33. The number of nitrogens with zero attached hydrogens (tertiary/aromatic N) is 3. The fraction of sp³-hybridized carbons (Fsp3) is 0.0769. The molecule has 17 heavy (non-hydrogen) atoms. The minimum atomic E-state index is 0.483. The van der Waals surface area contributed by atoms with Crippen molar-refractivity contribution in [3.8, 4) is 5.69 Å². The number of benzene rings is 1. The third-order valence-electron chi connectivity index (χ3n) is 2.77. The van der Waals surface area contributed by atoms with Gasteiger partial charge >= 0.3 is 0 Å². The van der Waals surface area contributed by atoms with Crippen molar-refractivity contribution in [3.05, 3.63) is 48.3 Å². The third kappa shape index (κ3) is 1.54. The Morgan fingerprint density at radius 3 is 2.65 bits per heavy atom. The first-order valence-electron chi connectivity index (χ1n) is 5.41. The van der Waals surface area contributed by atoms with E-state index in [4.69, 9.17) is 5.73 Å². The molecule has 3 rings (SSSR count). The topological polar surface area (TPSA) is 56.7 Å². The number of fused-ring (bicyclic) bond motifs is 1. The van der Waals surface area contributed by atoms with E-state index >= 15 is 0 Å². The summed E-state index contributed by atoms with van der Waals surface area (Å²) in [5.74, 6) is 0.483. The van der Waals surface area contributed by atoms with Crippen molar-refractivity contribution in [2.75, 3.05) is 5.73 Å². The lowest BCUT2D eigenvalue weighted by Gasteiger charge is -2.06. The lowest BCUT2D eigenvalue weighted by atomic mass is 10.2. The average molecular weight is 224 g/mol. The van der Waals surface area contributed by atoms with Crippen molar-refractivity contribution in [3.63, 3.8) is 0 Å². The van der Waals surface area contributed by atoms with E-state index in [2.05, 4.69) is 29.0 Å². The van der Waals surface area contributed by atoms with E-state index < -0.39 is 0 Å². The predicted octanol–water partition coefficient (Wildman–Crippen LogP) is 2.31. The van der Waals surface area contributed by atoms with Gasteiger partial charge in [-0.1, -0.05) is 17.7 Å². The second kappa shape index (κ2) is 3.59. The molecular formula is C13H12N4. The van der Waals surface area contributed by atoms with Crippen LogP contribution < -0.4 is 5.73 Å². The van der Waals surface area contributed by atoms with Gasteiger partial charge in [0.25, 0.3) is 0 Å². The molecule has 0 unspecified atom stereocenters. The van der Waals surface area contributed by atoms with E-state index in [-0.39, 0.29) is 0 Å². The number of hydrogen-bond acceptors (Lipinski definition) is 3. The van der Waals surface area contributed by atoms with Crippen molar-refractivity contribution in [2.45, 2.75) is 6.92 Å². The number of hydrogen-bond donors (Lipinski definition) is 1. The van der Waals surface area contributed by atoms with Gasteiger partial charge in [-0.3, -0.25) is 9.55 Å². The number of aryl methyl sites for hydroxylation is 1. The molecule has 0 saturated carbocycles. The number of aromatic nitrogens is 3. The molecule has 0 amide bonds. The molecule has 3 aromatic rings. The zero-order valence-electron chi connectivity index (χ0n) is 9.46. The first-order chi connectivity index (χ1) is 8.25. The fourth-order valence-electron chi connectivity index (χ4n) is 1.92. The number of nitrogen functional groups attached to an aromatic ring is 1. The zero-order valence-corrected chi connectivity index (χ0v) is 9.46. The summed E-state index contributed by atoms with van der Waals surface area (Å²) in [5, 5.41) is 0. The van der Waals surface area contributed by atoms with Crippen LogP contribution in [0.5, 0.6) is 0 Å². The summed E-state index contributed by atoms with van der Waals surface area (Å²) in [5.41, 5.74) is 9.97. The molecule has 4 nitrogen and oxygen atoms in total. The first kappa shape index (κ1) is 9.84. The molecule has 2 heterocycles. The number of imidazole rings is 1. The summed E-state index contributed by atoms with van der Waals surface area (Å²) in [6.45, 7) is 2.06. The van der Waals surface area contributed by atoms with Crippen LogP contribution in [0.1, 0.15) is 5.56 Å². The normalized spacial score (nSPS) is 10.9. The molecule has 0 spiro atoms. The number of nitrogens with two attached hydrogens (primary N) is 1. The standard InChI is InChI=1S/C13H12N4/c1-9-2-4-10(5-3-9)17-12-6-7-15-8-11(12)16-13(17)14/h2-8H,1H3,(H2,14,16). The molecule has 0 bridgehead atoms. The zero-order chi connectivity index (χ0) is 11.8. The minimum absolute atomic E-state index is 0.483. The molecule has 0 aliphatic carbocycles. The highest BCUT2D eigenvalue weighted by molar-refractivity contribution is 5.79. The van der Waals surface area contributed by atoms with Gasteiger partial charge in [0.15, 0.2) is 0 Å². The van der Waals surface area contributed by atoms with Crippen molar-refractivity contribution < 1.29 is 0 Å². The number of pyridine rings is 1. The summed E-state index contributed by atoms with van der Waals surface area (Å²) in [6, 6.07) is 10.1. The molecule has 0 aliphatic rings. The Balaban J connectivity index is 2.29. The van der Waals surface area contributed by atoms with Gasteiger partial charge < -0.3 is 5.73 Å². The van der Waals surface area contributed by atoms with Gasteiger partial charge in [0, 0.05) is 11.9 Å². The molecule has 2 aromatic heterocycles. The SMILES string of the molecule is Cc1ccc(-n2c(N)nc3cnccc32)cc1. The number of rotatable bonds is 1. The Kier molecular flexibility index (Phi) is 2.08. The van der Waals surface area contributed by atoms with Gasteiger partial charge in [0.1, 0.15) is 5.52 Å². The highest BCUT2D eigenvalue weighted by Gasteiger charge is 2.08. The van der Waals surface area contributed by atoms with Gasteiger partial charge in [0.2, 0.25) is 5.95 Å². The molecule has 0 saturated heterocycles. The van der Waals surface area contributed by atoms with E-state index in [0.29, 0.717) is 5.95 Å². The van der Waals surface area contributed by atoms with Crippen LogP contribution in [0, 0.1) is 6.92 Å². The molecule has 4 heteroatoms. The van der Waals surface area contributed by atoms with Crippen LogP contribution in [-0.2, 0) is 0 Å². The highest BCUT2D eigenvalue weighted by Crippen LogP contribution is 2.22. The van der Waals surface area contributed by atoms with E-state index in [1.165, 1.54) is 5.56 Å². The Labute approximate surface area is 98.7 Å². The van der Waals surface area contributed by atoms with Gasteiger partial charge in [0.05, 0.1) is 11.7 Å². The van der Waals surface area contributed by atoms with E-state index in [1.807, 2.05) is 22.8 Å². The maximum atomic E-state index is 5.95. The van der Waals surface area contributed by atoms with Crippen molar-refractivity contribution in [1.82, 2.24) is 14.5 Å². The van der Waals surface area contributed by atoms with Crippen LogP contribution in [-0.4, -0.2) is 14.5 Å². The second-order valence-corrected chi connectivity index (χ2v) is 4.01. The van der Waals surface area contributed by atoms with Crippen LogP contribution in [0.4, 0.5) is 5.95 Å². The molecule has 0 fully saturated rings. The monoisotopic (exact) mass is 224 g/mol. The Morgan fingerprint density at radius 2 is 1.88 bits per heavy atom. The van der Waals surface area contributed by atoms with Crippen LogP contribution >= 0.6 is 0 Å². The minimum Gasteiger partial charge on any atom is -0.369 e.